The van der Waals surface area contributed by atoms with Crippen molar-refractivity contribution in [2.45, 2.75) is 6.42 Å². The van der Waals surface area contributed by atoms with E-state index in [1.165, 1.54) is 0 Å². The molecule has 1 aromatic heterocycles. The van der Waals surface area contributed by atoms with Gasteiger partial charge in [-0.2, -0.15) is 0 Å². The Bertz CT molecular complexity index is 634. The van der Waals surface area contributed by atoms with Gasteiger partial charge in [0.25, 0.3) is 0 Å². The first-order valence-corrected chi connectivity index (χ1v) is 7.43. The third-order valence-corrected chi connectivity index (χ3v) is 3.45. The van der Waals surface area contributed by atoms with Crippen LogP contribution in [0.15, 0.2) is 24.4 Å². The second-order valence-electron chi connectivity index (χ2n) is 3.92. The lowest BCUT2D eigenvalue weighted by Crippen LogP contribution is -2.24. The summed E-state index contributed by atoms with van der Waals surface area (Å²) in [6, 6.07) is 5.61. The third-order valence-electron chi connectivity index (χ3n) is 2.49. The fraction of sp³-hybridized carbons (Fsp3) is 0.273. The van der Waals surface area contributed by atoms with E-state index in [1.807, 2.05) is 24.4 Å². The van der Waals surface area contributed by atoms with E-state index in [2.05, 4.69) is 9.71 Å². The average molecular weight is 273 g/mol. The van der Waals surface area contributed by atoms with Gasteiger partial charge in [-0.25, -0.2) is 13.1 Å². The molecule has 0 aliphatic heterocycles. The van der Waals surface area contributed by atoms with E-state index in [9.17, 15) is 8.42 Å². The molecular weight excluding hydrogens is 260 g/mol. The van der Waals surface area contributed by atoms with Crippen molar-refractivity contribution in [3.05, 3.63) is 35.0 Å². The molecule has 0 amide bonds. The highest BCUT2D eigenvalue weighted by Crippen LogP contribution is 2.22. The highest BCUT2D eigenvalue weighted by Gasteiger charge is 2.05. The second-order valence-corrected chi connectivity index (χ2v) is 6.19. The first-order valence-electron chi connectivity index (χ1n) is 5.16. The van der Waals surface area contributed by atoms with Crippen LogP contribution in [0.2, 0.25) is 5.02 Å². The van der Waals surface area contributed by atoms with Crippen molar-refractivity contribution >= 4 is 32.5 Å². The van der Waals surface area contributed by atoms with Gasteiger partial charge in [-0.05, 0) is 24.1 Å². The largest absolute Gasteiger partial charge is 0.361 e. The zero-order chi connectivity index (χ0) is 12.5. The highest BCUT2D eigenvalue weighted by molar-refractivity contribution is 7.88. The molecule has 17 heavy (non-hydrogen) atoms. The summed E-state index contributed by atoms with van der Waals surface area (Å²) in [5.41, 5.74) is 2.04. The predicted octanol–water partition coefficient (Wildman–Crippen LogP) is 1.91. The predicted molar refractivity (Wildman–Crippen MR) is 69.9 cm³/mol. The topological polar surface area (TPSA) is 62.0 Å². The molecule has 0 spiro atoms. The van der Waals surface area contributed by atoms with Crippen molar-refractivity contribution in [2.75, 3.05) is 12.8 Å². The van der Waals surface area contributed by atoms with E-state index in [4.69, 9.17) is 11.6 Å². The van der Waals surface area contributed by atoms with Crippen LogP contribution in [-0.4, -0.2) is 26.2 Å². The summed E-state index contributed by atoms with van der Waals surface area (Å²) in [5, 5.41) is 1.75. The minimum Gasteiger partial charge on any atom is -0.361 e. The number of rotatable bonds is 4. The van der Waals surface area contributed by atoms with E-state index < -0.39 is 10.0 Å². The van der Waals surface area contributed by atoms with Crippen LogP contribution in [0.5, 0.6) is 0 Å². The summed E-state index contributed by atoms with van der Waals surface area (Å²) in [6.07, 6.45) is 3.68. The maximum Gasteiger partial charge on any atom is 0.208 e. The molecule has 0 aliphatic carbocycles. The molecule has 0 atom stereocenters. The summed E-state index contributed by atoms with van der Waals surface area (Å²) >= 11 is 5.88. The molecule has 1 heterocycles. The van der Waals surface area contributed by atoms with Crippen LogP contribution in [0.3, 0.4) is 0 Å². The van der Waals surface area contributed by atoms with Gasteiger partial charge in [0.15, 0.2) is 0 Å². The lowest BCUT2D eigenvalue weighted by atomic mass is 10.1. The minimum atomic E-state index is -3.12. The van der Waals surface area contributed by atoms with Gasteiger partial charge in [0, 0.05) is 28.7 Å². The van der Waals surface area contributed by atoms with Gasteiger partial charge >= 0.3 is 0 Å². The van der Waals surface area contributed by atoms with Crippen LogP contribution in [0, 0.1) is 0 Å². The number of sulfonamides is 1. The molecular formula is C11H13ClN2O2S. The SMILES string of the molecule is CS(=O)(=O)NCCc1c[nH]c2cc(Cl)ccc12. The molecule has 0 saturated carbocycles. The van der Waals surface area contributed by atoms with Crippen LogP contribution in [0.1, 0.15) is 5.56 Å². The summed E-state index contributed by atoms with van der Waals surface area (Å²) < 4.78 is 24.3. The highest BCUT2D eigenvalue weighted by atomic mass is 35.5. The van der Waals surface area contributed by atoms with Crippen molar-refractivity contribution in [1.82, 2.24) is 9.71 Å². The summed E-state index contributed by atoms with van der Waals surface area (Å²) in [5.74, 6) is 0. The van der Waals surface area contributed by atoms with Gasteiger partial charge in [-0.15, -0.1) is 0 Å². The summed E-state index contributed by atoms with van der Waals surface area (Å²) in [6.45, 7) is 0.397. The van der Waals surface area contributed by atoms with Crippen LogP contribution in [0.25, 0.3) is 10.9 Å². The molecule has 0 bridgehead atoms. The average Bonchev–Trinajstić information content (AvgIpc) is 2.59. The summed E-state index contributed by atoms with van der Waals surface area (Å²) in [7, 11) is -3.12. The Balaban J connectivity index is 2.14. The molecule has 0 unspecified atom stereocenters. The Kier molecular flexibility index (Phi) is 3.42. The van der Waals surface area contributed by atoms with Crippen LogP contribution >= 0.6 is 11.6 Å². The first-order chi connectivity index (χ1) is 7.96. The van der Waals surface area contributed by atoms with E-state index in [-0.39, 0.29) is 0 Å². The van der Waals surface area contributed by atoms with E-state index in [0.717, 1.165) is 22.7 Å². The number of fused-ring (bicyclic) bond motifs is 1. The minimum absolute atomic E-state index is 0.397. The van der Waals surface area contributed by atoms with Gasteiger partial charge in [0.05, 0.1) is 6.26 Å². The molecule has 2 N–H and O–H groups in total. The Morgan fingerprint density at radius 2 is 2.18 bits per heavy atom. The standard InChI is InChI=1S/C11H13ClN2O2S/c1-17(15,16)14-5-4-8-7-13-11-6-9(12)2-3-10(8)11/h2-3,6-7,13-14H,4-5H2,1H3. The Morgan fingerprint density at radius 1 is 1.41 bits per heavy atom. The lowest BCUT2D eigenvalue weighted by molar-refractivity contribution is 0.588. The molecule has 2 rings (SSSR count). The molecule has 4 nitrogen and oxygen atoms in total. The number of benzene rings is 1. The maximum absolute atomic E-state index is 10.9. The van der Waals surface area contributed by atoms with Crippen molar-refractivity contribution < 1.29 is 8.42 Å². The van der Waals surface area contributed by atoms with Crippen LogP contribution < -0.4 is 4.72 Å². The number of aromatic amines is 1. The molecule has 0 saturated heterocycles. The van der Waals surface area contributed by atoms with E-state index >= 15 is 0 Å². The van der Waals surface area contributed by atoms with Gasteiger partial charge in [-0.3, -0.25) is 0 Å². The van der Waals surface area contributed by atoms with Crippen molar-refractivity contribution in [2.24, 2.45) is 0 Å². The first kappa shape index (κ1) is 12.4. The lowest BCUT2D eigenvalue weighted by Gasteiger charge is -2.01. The Morgan fingerprint density at radius 3 is 2.88 bits per heavy atom. The van der Waals surface area contributed by atoms with Crippen molar-refractivity contribution in [3.8, 4) is 0 Å². The number of hydrogen-bond acceptors (Lipinski definition) is 2. The molecule has 1 aromatic carbocycles. The van der Waals surface area contributed by atoms with E-state index in [0.29, 0.717) is 18.0 Å². The van der Waals surface area contributed by atoms with E-state index in [1.54, 1.807) is 0 Å². The molecule has 92 valence electrons. The fourth-order valence-corrected chi connectivity index (χ4v) is 2.38. The third kappa shape index (κ3) is 3.21. The number of H-pyrrole nitrogens is 1. The normalized spacial score (nSPS) is 12.1. The second kappa shape index (κ2) is 4.68. The molecule has 0 radical (unpaired) electrons. The smallest absolute Gasteiger partial charge is 0.208 e. The monoisotopic (exact) mass is 272 g/mol. The van der Waals surface area contributed by atoms with Crippen LogP contribution in [-0.2, 0) is 16.4 Å². The molecule has 0 aliphatic rings. The molecule has 2 aromatic rings. The quantitative estimate of drug-likeness (QED) is 0.893. The number of aromatic nitrogens is 1. The Labute approximate surface area is 105 Å². The van der Waals surface area contributed by atoms with Gasteiger partial charge < -0.3 is 4.98 Å². The maximum atomic E-state index is 10.9. The van der Waals surface area contributed by atoms with Gasteiger partial charge in [0.1, 0.15) is 0 Å². The van der Waals surface area contributed by atoms with Gasteiger partial charge in [-0.1, -0.05) is 17.7 Å². The van der Waals surface area contributed by atoms with Gasteiger partial charge in [0.2, 0.25) is 10.0 Å². The van der Waals surface area contributed by atoms with Crippen molar-refractivity contribution in [1.29, 1.82) is 0 Å². The number of nitrogens with one attached hydrogen (secondary N) is 2. The Hall–Kier alpha value is -1.04. The van der Waals surface area contributed by atoms with Crippen LogP contribution in [0.4, 0.5) is 0 Å². The zero-order valence-electron chi connectivity index (χ0n) is 9.33. The molecule has 0 fully saturated rings. The number of hydrogen-bond donors (Lipinski definition) is 2. The summed E-state index contributed by atoms with van der Waals surface area (Å²) in [4.78, 5) is 3.11. The number of halogens is 1. The zero-order valence-corrected chi connectivity index (χ0v) is 10.9. The fourth-order valence-electron chi connectivity index (χ4n) is 1.74. The molecule has 6 heteroatoms. The van der Waals surface area contributed by atoms with Crippen molar-refractivity contribution in [3.63, 3.8) is 0 Å².